The third-order valence-electron chi connectivity index (χ3n) is 3.36. The van der Waals surface area contributed by atoms with Crippen LogP contribution in [0.25, 0.3) is 0 Å². The number of carbonyl (C=O) groups excluding carboxylic acids is 1. The Kier molecular flexibility index (Phi) is 2.59. The van der Waals surface area contributed by atoms with Crippen molar-refractivity contribution in [3.8, 4) is 0 Å². The van der Waals surface area contributed by atoms with Crippen molar-refractivity contribution >= 4 is 11.6 Å². The fourth-order valence-electron chi connectivity index (χ4n) is 2.44. The molecule has 0 spiro atoms. The quantitative estimate of drug-likeness (QED) is 0.765. The molecular weight excluding hydrogens is 224 g/mol. The van der Waals surface area contributed by atoms with E-state index < -0.39 is 0 Å². The van der Waals surface area contributed by atoms with Gasteiger partial charge in [0.05, 0.1) is 11.3 Å². The lowest BCUT2D eigenvalue weighted by atomic mass is 9.98. The average Bonchev–Trinajstić information content (AvgIpc) is 2.40. The Morgan fingerprint density at radius 3 is 2.72 bits per heavy atom. The van der Waals surface area contributed by atoms with Crippen LogP contribution in [-0.4, -0.2) is 17.4 Å². The molecule has 90 valence electrons. The summed E-state index contributed by atoms with van der Waals surface area (Å²) in [5.74, 6) is 0.0630. The zero-order chi connectivity index (χ0) is 12.5. The van der Waals surface area contributed by atoms with Crippen LogP contribution in [0.15, 0.2) is 42.6 Å². The summed E-state index contributed by atoms with van der Waals surface area (Å²) in [6, 6.07) is 11.7. The van der Waals surface area contributed by atoms with Gasteiger partial charge in [-0.3, -0.25) is 9.78 Å². The highest BCUT2D eigenvalue weighted by molar-refractivity contribution is 6.08. The molecule has 1 aromatic carbocycles. The minimum absolute atomic E-state index is 0.0630. The first-order chi connectivity index (χ1) is 8.77. The fraction of sp³-hybridized carbons (Fsp3) is 0.200. The Morgan fingerprint density at radius 2 is 1.94 bits per heavy atom. The van der Waals surface area contributed by atoms with Crippen LogP contribution in [0.5, 0.6) is 0 Å². The van der Waals surface area contributed by atoms with Crippen LogP contribution in [0.4, 0.5) is 5.69 Å². The number of pyridine rings is 1. The maximum absolute atomic E-state index is 12.5. The van der Waals surface area contributed by atoms with Gasteiger partial charge in [0, 0.05) is 18.4 Å². The molecule has 1 aliphatic rings. The predicted molar refractivity (Wildman–Crippen MR) is 70.8 cm³/mol. The van der Waals surface area contributed by atoms with Crippen LogP contribution in [0.3, 0.4) is 0 Å². The standard InChI is InChI=1S/C15H14N2O/c1-11-14-12(7-9-16-11)8-10-17(15(14)18)13-5-3-2-4-6-13/h2-7,9H,8,10H2,1H3. The Labute approximate surface area is 106 Å². The molecule has 3 rings (SSSR count). The number of amides is 1. The van der Waals surface area contributed by atoms with E-state index in [1.165, 1.54) is 0 Å². The molecule has 2 heterocycles. The molecule has 0 fully saturated rings. The van der Waals surface area contributed by atoms with Gasteiger partial charge >= 0.3 is 0 Å². The van der Waals surface area contributed by atoms with Crippen molar-refractivity contribution in [2.75, 3.05) is 11.4 Å². The number of nitrogens with zero attached hydrogens (tertiary/aromatic N) is 2. The third-order valence-corrected chi connectivity index (χ3v) is 3.36. The fourth-order valence-corrected chi connectivity index (χ4v) is 2.44. The molecule has 2 aromatic rings. The maximum Gasteiger partial charge on any atom is 0.260 e. The first-order valence-electron chi connectivity index (χ1n) is 6.09. The molecule has 3 nitrogen and oxygen atoms in total. The Balaban J connectivity index is 2.05. The largest absolute Gasteiger partial charge is 0.308 e. The Bertz CT molecular complexity index is 593. The number of anilines is 1. The second-order valence-corrected chi connectivity index (χ2v) is 4.47. The van der Waals surface area contributed by atoms with Crippen LogP contribution in [0.1, 0.15) is 21.6 Å². The number of carbonyl (C=O) groups is 1. The number of aryl methyl sites for hydroxylation is 1. The van der Waals surface area contributed by atoms with E-state index in [1.54, 1.807) is 6.20 Å². The molecule has 1 aliphatic heterocycles. The molecule has 0 saturated heterocycles. The molecule has 0 N–H and O–H groups in total. The van der Waals surface area contributed by atoms with Crippen molar-refractivity contribution < 1.29 is 4.79 Å². The lowest BCUT2D eigenvalue weighted by molar-refractivity contribution is 0.0979. The SMILES string of the molecule is Cc1nccc2c1C(=O)N(c1ccccc1)CC2. The Hall–Kier alpha value is -2.16. The van der Waals surface area contributed by atoms with Crippen LogP contribution < -0.4 is 4.90 Å². The van der Waals surface area contributed by atoms with Gasteiger partial charge in [0.1, 0.15) is 0 Å². The van der Waals surface area contributed by atoms with Crippen molar-refractivity contribution in [1.82, 2.24) is 4.98 Å². The summed E-state index contributed by atoms with van der Waals surface area (Å²) in [6.45, 7) is 2.63. The molecular formula is C15H14N2O. The van der Waals surface area contributed by atoms with Gasteiger partial charge in [-0.2, -0.15) is 0 Å². The molecule has 0 bridgehead atoms. The lowest BCUT2D eigenvalue weighted by Crippen LogP contribution is -2.38. The molecule has 0 radical (unpaired) electrons. The van der Waals surface area contributed by atoms with Crippen molar-refractivity contribution in [3.63, 3.8) is 0 Å². The van der Waals surface area contributed by atoms with Gasteiger partial charge in [-0.05, 0) is 37.1 Å². The summed E-state index contributed by atoms with van der Waals surface area (Å²) in [5.41, 5.74) is 3.65. The average molecular weight is 238 g/mol. The van der Waals surface area contributed by atoms with Gasteiger partial charge < -0.3 is 4.90 Å². The predicted octanol–water partition coefficient (Wildman–Crippen LogP) is 2.59. The van der Waals surface area contributed by atoms with Crippen LogP contribution in [0.2, 0.25) is 0 Å². The minimum Gasteiger partial charge on any atom is -0.308 e. The van der Waals surface area contributed by atoms with Crippen molar-refractivity contribution in [3.05, 3.63) is 59.4 Å². The van der Waals surface area contributed by atoms with Crippen molar-refractivity contribution in [2.45, 2.75) is 13.3 Å². The smallest absolute Gasteiger partial charge is 0.260 e. The number of fused-ring (bicyclic) bond motifs is 1. The topological polar surface area (TPSA) is 33.2 Å². The maximum atomic E-state index is 12.5. The normalized spacial score (nSPS) is 14.5. The minimum atomic E-state index is 0.0630. The lowest BCUT2D eigenvalue weighted by Gasteiger charge is -2.29. The summed E-state index contributed by atoms with van der Waals surface area (Å²) in [6.07, 6.45) is 2.67. The van der Waals surface area contributed by atoms with Crippen LogP contribution in [-0.2, 0) is 6.42 Å². The van der Waals surface area contributed by atoms with Crippen molar-refractivity contribution in [2.24, 2.45) is 0 Å². The van der Waals surface area contributed by atoms with Gasteiger partial charge in [0.15, 0.2) is 0 Å². The second-order valence-electron chi connectivity index (χ2n) is 4.47. The van der Waals surface area contributed by atoms with E-state index in [-0.39, 0.29) is 5.91 Å². The summed E-state index contributed by atoms with van der Waals surface area (Å²) in [7, 11) is 0. The van der Waals surface area contributed by atoms with E-state index >= 15 is 0 Å². The van der Waals surface area contributed by atoms with E-state index in [0.29, 0.717) is 0 Å². The molecule has 18 heavy (non-hydrogen) atoms. The molecule has 0 atom stereocenters. The second kappa shape index (κ2) is 4.26. The van der Waals surface area contributed by atoms with Gasteiger partial charge in [0.25, 0.3) is 5.91 Å². The van der Waals surface area contributed by atoms with E-state index in [1.807, 2.05) is 48.2 Å². The number of rotatable bonds is 1. The summed E-state index contributed by atoms with van der Waals surface area (Å²) in [5, 5.41) is 0. The van der Waals surface area contributed by atoms with Gasteiger partial charge in [-0.15, -0.1) is 0 Å². The van der Waals surface area contributed by atoms with Gasteiger partial charge in [-0.1, -0.05) is 18.2 Å². The van der Waals surface area contributed by atoms with E-state index in [9.17, 15) is 4.79 Å². The molecule has 1 amide bonds. The monoisotopic (exact) mass is 238 g/mol. The van der Waals surface area contributed by atoms with E-state index in [0.717, 1.165) is 35.5 Å². The summed E-state index contributed by atoms with van der Waals surface area (Å²) < 4.78 is 0. The number of hydrogen-bond acceptors (Lipinski definition) is 2. The number of benzene rings is 1. The van der Waals surface area contributed by atoms with Crippen molar-refractivity contribution in [1.29, 1.82) is 0 Å². The van der Waals surface area contributed by atoms with Crippen LogP contribution >= 0.6 is 0 Å². The summed E-state index contributed by atoms with van der Waals surface area (Å²) in [4.78, 5) is 18.6. The number of hydrogen-bond donors (Lipinski definition) is 0. The van der Waals surface area contributed by atoms with E-state index in [4.69, 9.17) is 0 Å². The first-order valence-corrected chi connectivity index (χ1v) is 6.09. The highest BCUT2D eigenvalue weighted by atomic mass is 16.2. The number of aromatic nitrogens is 1. The van der Waals surface area contributed by atoms with E-state index in [2.05, 4.69) is 4.98 Å². The zero-order valence-electron chi connectivity index (χ0n) is 10.3. The number of para-hydroxylation sites is 1. The van der Waals surface area contributed by atoms with Gasteiger partial charge in [0.2, 0.25) is 0 Å². The molecule has 1 aromatic heterocycles. The first kappa shape index (κ1) is 11.0. The molecule has 0 unspecified atom stereocenters. The highest BCUT2D eigenvalue weighted by Crippen LogP contribution is 2.25. The van der Waals surface area contributed by atoms with Crippen LogP contribution in [0, 0.1) is 6.92 Å². The van der Waals surface area contributed by atoms with Gasteiger partial charge in [-0.25, -0.2) is 0 Å². The Morgan fingerprint density at radius 1 is 1.17 bits per heavy atom. The molecule has 0 saturated carbocycles. The third kappa shape index (κ3) is 1.68. The summed E-state index contributed by atoms with van der Waals surface area (Å²) >= 11 is 0. The molecule has 0 aliphatic carbocycles. The molecule has 3 heteroatoms. The zero-order valence-corrected chi connectivity index (χ0v) is 10.3. The highest BCUT2D eigenvalue weighted by Gasteiger charge is 2.27.